The molecule has 9 amide bonds. The van der Waals surface area contributed by atoms with E-state index in [0.29, 0.717) is 147 Å². The Balaban J connectivity index is 1.51. The molecule has 0 radical (unpaired) electrons. The molecule has 114 heavy (non-hydrogen) atoms. The molecule has 0 heterocycles. The molecule has 2 aliphatic carbocycles. The Morgan fingerprint density at radius 3 is 1.57 bits per heavy atom. The molecular formula is C78H141N16O20+. The highest BCUT2D eigenvalue weighted by atomic mass is 16.6. The molecular weight excluding hydrogens is 1480 g/mol. The summed E-state index contributed by atoms with van der Waals surface area (Å²) in [6, 6.07) is 2.45. The summed E-state index contributed by atoms with van der Waals surface area (Å²) in [5, 5.41) is 27.4. The van der Waals surface area contributed by atoms with Crippen LogP contribution < -0.4 is 76.4 Å². The van der Waals surface area contributed by atoms with E-state index in [9.17, 15) is 43.2 Å². The molecule has 0 bridgehead atoms. The first-order chi connectivity index (χ1) is 54.7. The maximum Gasteiger partial charge on any atom is 0.312 e. The lowest BCUT2D eigenvalue weighted by molar-refractivity contribution is -0.869. The molecule has 18 N–H and O–H groups in total. The summed E-state index contributed by atoms with van der Waals surface area (Å²) in [6.45, 7) is 18.0. The molecule has 0 saturated heterocycles. The third-order valence-corrected chi connectivity index (χ3v) is 18.2. The van der Waals surface area contributed by atoms with E-state index in [1.807, 2.05) is 13.8 Å². The minimum Gasteiger partial charge on any atom is -0.461 e. The number of carbonyl (C=O) groups excluding carboxylic acids is 9. The van der Waals surface area contributed by atoms with E-state index in [0.717, 1.165) is 67.4 Å². The smallest absolute Gasteiger partial charge is 0.312 e. The van der Waals surface area contributed by atoms with Crippen molar-refractivity contribution in [1.29, 1.82) is 0 Å². The summed E-state index contributed by atoms with van der Waals surface area (Å²) >= 11 is 0. The Bertz CT molecular complexity index is 2980. The van der Waals surface area contributed by atoms with Gasteiger partial charge in [0.25, 0.3) is 0 Å². The lowest BCUT2D eigenvalue weighted by atomic mass is 9.98. The Labute approximate surface area is 675 Å². The third-order valence-electron chi connectivity index (χ3n) is 18.2. The normalized spacial score (nSPS) is 15.7. The van der Waals surface area contributed by atoms with Crippen molar-refractivity contribution < 1.29 is 99.7 Å². The standard InChI is InChI=1S/C78H140N16O20/c1-56(2)72(76(101)90-63(21-18-32-87-78(80)103)74(99)88-60-27-25-59(26-28-60)53-114-77(102)57(3)4)91-75(100)62(89-68(96)30-38-105-42-46-109-50-52-111-48-44-107-40-35-86-70(98)54-112-65-23-14-11-13-22-64(71(65)79)93(82)58(5)6)20-16-17-31-84-69(97)55-113-66-24-15-10-12-19-61(73(66)92-81)83-34-39-106-43-47-110-51-49-108-45-41-104-37-29-67(95)85-33-36-94(7,8)9/h25-28,56-58,62-63,65-66,72,83,92H,10-24,29-55,79,81-82H2,1-9H3,(H9-,80,84,85,86,87,88,89,90,91,95,96,97,98,99,100,101,103)/p+1/t62-,63+,65?,66?,72+/m1/s1. The maximum atomic E-state index is 14.4. The van der Waals surface area contributed by atoms with Crippen molar-refractivity contribution in [2.75, 3.05) is 185 Å². The lowest BCUT2D eigenvalue weighted by Gasteiger charge is -2.31. The fourth-order valence-corrected chi connectivity index (χ4v) is 11.6. The van der Waals surface area contributed by atoms with Gasteiger partial charge in [-0.2, -0.15) is 0 Å². The molecule has 0 saturated carbocycles. The van der Waals surface area contributed by atoms with Gasteiger partial charge in [-0.05, 0) is 108 Å². The van der Waals surface area contributed by atoms with Gasteiger partial charge in [0.15, 0.2) is 0 Å². The molecule has 0 spiro atoms. The largest absolute Gasteiger partial charge is 0.461 e. The summed E-state index contributed by atoms with van der Waals surface area (Å²) < 4.78 is 63.3. The number of nitrogens with zero attached hydrogens (tertiary/aromatic N) is 2. The quantitative estimate of drug-likeness (QED) is 0.0145. The van der Waals surface area contributed by atoms with Gasteiger partial charge in [-0.25, -0.2) is 10.6 Å². The number of unbranched alkanes of at least 4 members (excludes halogenated alkanes) is 1. The van der Waals surface area contributed by atoms with Crippen molar-refractivity contribution >= 4 is 59.0 Å². The van der Waals surface area contributed by atoms with Gasteiger partial charge in [0.1, 0.15) is 44.1 Å². The van der Waals surface area contributed by atoms with E-state index in [-0.39, 0.29) is 134 Å². The number of likely N-dealkylation sites (N-methyl/N-ethyl adjacent to an activating group) is 1. The van der Waals surface area contributed by atoms with Gasteiger partial charge in [0.2, 0.25) is 41.4 Å². The van der Waals surface area contributed by atoms with Crippen LogP contribution in [-0.4, -0.2) is 279 Å². The third kappa shape index (κ3) is 47.4. The highest BCUT2D eigenvalue weighted by Gasteiger charge is 2.33. The zero-order chi connectivity index (χ0) is 83.7. The summed E-state index contributed by atoms with van der Waals surface area (Å²) in [4.78, 5) is 118. The molecule has 2 aliphatic rings. The lowest BCUT2D eigenvalue weighted by Crippen LogP contribution is -2.57. The number of hydrogen-bond acceptors (Lipinski definition) is 26. The van der Waals surface area contributed by atoms with E-state index in [2.05, 4.69) is 74.4 Å². The zero-order valence-electron chi connectivity index (χ0n) is 69.5. The predicted molar refractivity (Wildman–Crippen MR) is 429 cm³/mol. The van der Waals surface area contributed by atoms with Crippen LogP contribution >= 0.6 is 0 Å². The summed E-state index contributed by atoms with van der Waals surface area (Å²) in [6.07, 6.45) is 8.98. The fraction of sp³-hybridized carbons (Fsp3) is 0.756. The van der Waals surface area contributed by atoms with Crippen LogP contribution in [0.4, 0.5) is 10.5 Å². The molecule has 36 heteroatoms. The number of rotatable bonds is 63. The Morgan fingerprint density at radius 2 is 1.02 bits per heavy atom. The number of ether oxygens (including phenoxy) is 11. The van der Waals surface area contributed by atoms with Crippen LogP contribution in [0.3, 0.4) is 0 Å². The van der Waals surface area contributed by atoms with E-state index in [4.69, 9.17) is 75.3 Å². The first-order valence-corrected chi connectivity index (χ1v) is 40.6. The molecule has 0 aliphatic heterocycles. The SMILES string of the molecule is CC(C)C(=O)OCc1ccc(NC(=O)[C@H](CCCNC(N)=O)NC(=O)[C@@H](NC(=O)[C@@H](CCCCNC(=O)COC2CCCCCC(NCCOCCOCCOCCOCCC(=O)NCC[N+](C)(C)C)=C2NN)NC(=O)CCOCCOCCOCCOCCNC(=O)COC2CCCCCC(N(N)C(C)C)=C2N)C(C)C)cc1. The molecule has 652 valence electrons. The average molecular weight is 1620 g/mol. The van der Waals surface area contributed by atoms with Crippen molar-refractivity contribution in [3.8, 4) is 0 Å². The van der Waals surface area contributed by atoms with Gasteiger partial charge in [-0.15, -0.1) is 0 Å². The Kier molecular flexibility index (Phi) is 53.7. The van der Waals surface area contributed by atoms with Crippen LogP contribution in [0, 0.1) is 11.8 Å². The second-order valence-electron chi connectivity index (χ2n) is 29.9. The number of amides is 9. The van der Waals surface area contributed by atoms with Crippen LogP contribution in [-0.2, 0) is 97.1 Å². The monoisotopic (exact) mass is 1620 g/mol. The number of hydrogen-bond donors (Lipinski definition) is 14. The molecule has 1 aromatic carbocycles. The van der Waals surface area contributed by atoms with Crippen LogP contribution in [0.5, 0.6) is 0 Å². The topological polar surface area (TPSA) is 483 Å². The molecule has 36 nitrogen and oxygen atoms in total. The number of nitrogens with two attached hydrogens (primary N) is 4. The van der Waals surface area contributed by atoms with Crippen molar-refractivity contribution in [3.05, 3.63) is 52.6 Å². The van der Waals surface area contributed by atoms with Gasteiger partial charge in [0, 0.05) is 56.4 Å². The first kappa shape index (κ1) is 101. The minimum atomic E-state index is -1.19. The molecule has 3 rings (SSSR count). The number of urea groups is 1. The summed E-state index contributed by atoms with van der Waals surface area (Å²) in [5.41, 5.74) is 18.7. The van der Waals surface area contributed by atoms with Crippen molar-refractivity contribution in [2.24, 2.45) is 35.0 Å². The van der Waals surface area contributed by atoms with E-state index < -0.39 is 65.9 Å². The summed E-state index contributed by atoms with van der Waals surface area (Å²) in [7, 11) is 6.22. The molecule has 2 unspecified atom stereocenters. The van der Waals surface area contributed by atoms with E-state index in [1.165, 1.54) is 0 Å². The second kappa shape index (κ2) is 60.9. The van der Waals surface area contributed by atoms with E-state index >= 15 is 0 Å². The molecule has 0 fully saturated rings. The van der Waals surface area contributed by atoms with Gasteiger partial charge < -0.3 is 126 Å². The van der Waals surface area contributed by atoms with E-state index in [1.54, 1.807) is 57.0 Å². The number of carbonyl (C=O) groups is 9. The summed E-state index contributed by atoms with van der Waals surface area (Å²) in [5.74, 6) is 8.11. The average Bonchev–Trinajstić information content (AvgIpc) is 0.855. The molecule has 0 aromatic heterocycles. The van der Waals surface area contributed by atoms with Gasteiger partial charge in [-0.3, -0.25) is 44.2 Å². The van der Waals surface area contributed by atoms with Crippen LogP contribution in [0.25, 0.3) is 0 Å². The van der Waals surface area contributed by atoms with Crippen molar-refractivity contribution in [2.45, 2.75) is 194 Å². The van der Waals surface area contributed by atoms with Gasteiger partial charge in [-0.1, -0.05) is 65.5 Å². The highest BCUT2D eigenvalue weighted by molar-refractivity contribution is 5.99. The van der Waals surface area contributed by atoms with Crippen LogP contribution in [0.2, 0.25) is 0 Å². The number of esters is 1. The highest BCUT2D eigenvalue weighted by Crippen LogP contribution is 2.26. The van der Waals surface area contributed by atoms with Gasteiger partial charge >= 0.3 is 12.0 Å². The van der Waals surface area contributed by atoms with Gasteiger partial charge in [0.05, 0.1) is 169 Å². The Morgan fingerprint density at radius 1 is 0.518 bits per heavy atom. The predicted octanol–water partition coefficient (Wildman–Crippen LogP) is 1.74. The number of benzene rings is 1. The first-order valence-electron chi connectivity index (χ1n) is 40.6. The van der Waals surface area contributed by atoms with Crippen molar-refractivity contribution in [1.82, 2.24) is 53.0 Å². The number of primary amides is 1. The molecule has 1 aromatic rings. The second-order valence-corrected chi connectivity index (χ2v) is 29.9. The Hall–Kier alpha value is -7.59. The number of hydrazine groups is 2. The number of quaternary nitrogens is 1. The molecule has 5 atom stereocenters. The van der Waals surface area contributed by atoms with Crippen molar-refractivity contribution in [3.63, 3.8) is 0 Å². The maximum absolute atomic E-state index is 14.4. The van der Waals surface area contributed by atoms with Crippen LogP contribution in [0.1, 0.15) is 156 Å². The zero-order valence-corrected chi connectivity index (χ0v) is 69.5. The number of allylic oxidation sites excluding steroid dienone is 2. The minimum absolute atomic E-state index is 0.00449. The number of anilines is 1. The van der Waals surface area contributed by atoms with Crippen LogP contribution in [0.15, 0.2) is 47.1 Å². The number of nitrogens with one attached hydrogen (secondary N) is 10. The fourth-order valence-electron chi connectivity index (χ4n) is 11.6.